The quantitative estimate of drug-likeness (QED) is 0.739. The number of sulfonamides is 2. The number of hydrogen-bond donors (Lipinski definition) is 1. The maximum atomic E-state index is 13.7. The van der Waals surface area contributed by atoms with E-state index in [-0.39, 0.29) is 21.5 Å². The smallest absolute Gasteiger partial charge is 0.261 e. The zero-order valence-electron chi connectivity index (χ0n) is 16.4. The summed E-state index contributed by atoms with van der Waals surface area (Å²) in [4.78, 5) is -0.0933. The summed E-state index contributed by atoms with van der Waals surface area (Å²) < 4.78 is 68.1. The highest BCUT2D eigenvalue weighted by Gasteiger charge is 2.29. The Kier molecular flexibility index (Phi) is 6.30. The summed E-state index contributed by atoms with van der Waals surface area (Å²) in [7, 11) is -6.05. The zero-order chi connectivity index (χ0) is 21.2. The Bertz CT molecular complexity index is 1080. The van der Waals surface area contributed by atoms with Crippen LogP contribution in [0.5, 0.6) is 0 Å². The molecule has 0 bridgehead atoms. The number of halogens is 1. The molecule has 158 valence electrons. The van der Waals surface area contributed by atoms with E-state index in [4.69, 9.17) is 0 Å². The van der Waals surface area contributed by atoms with Crippen molar-refractivity contribution in [2.75, 3.05) is 11.8 Å². The summed E-state index contributed by atoms with van der Waals surface area (Å²) in [5.74, 6) is -0.611. The van der Waals surface area contributed by atoms with Crippen LogP contribution in [0.4, 0.5) is 10.1 Å². The summed E-state index contributed by atoms with van der Waals surface area (Å²) in [6, 6.07) is 9.19. The minimum atomic E-state index is -3.98. The number of hydrogen-bond acceptors (Lipinski definition) is 4. The molecule has 0 radical (unpaired) electrons. The van der Waals surface area contributed by atoms with Gasteiger partial charge in [-0.3, -0.25) is 4.72 Å². The number of benzene rings is 2. The van der Waals surface area contributed by atoms with E-state index in [0.717, 1.165) is 38.2 Å². The van der Waals surface area contributed by atoms with Crippen LogP contribution in [0.25, 0.3) is 0 Å². The Morgan fingerprint density at radius 3 is 2.10 bits per heavy atom. The normalized spacial score (nSPS) is 16.1. The fourth-order valence-corrected chi connectivity index (χ4v) is 5.94. The molecular weight excluding hydrogens is 415 g/mol. The fourth-order valence-electron chi connectivity index (χ4n) is 3.46. The van der Waals surface area contributed by atoms with Gasteiger partial charge in [0.15, 0.2) is 0 Å². The van der Waals surface area contributed by atoms with Crippen molar-refractivity contribution in [2.45, 2.75) is 54.9 Å². The molecule has 2 aromatic rings. The minimum absolute atomic E-state index is 0.0108. The Morgan fingerprint density at radius 2 is 1.52 bits per heavy atom. The van der Waals surface area contributed by atoms with Crippen LogP contribution in [0, 0.1) is 12.7 Å². The van der Waals surface area contributed by atoms with Crippen molar-refractivity contribution in [1.29, 1.82) is 0 Å². The molecule has 1 saturated carbocycles. The molecule has 6 nitrogen and oxygen atoms in total. The van der Waals surface area contributed by atoms with Gasteiger partial charge in [0.05, 0.1) is 9.79 Å². The molecule has 0 unspecified atom stereocenters. The number of nitrogens with zero attached hydrogens (tertiary/aromatic N) is 1. The summed E-state index contributed by atoms with van der Waals surface area (Å²) in [6.45, 7) is 1.54. The molecule has 9 heteroatoms. The average Bonchev–Trinajstić information content (AvgIpc) is 2.70. The van der Waals surface area contributed by atoms with E-state index >= 15 is 0 Å². The molecule has 0 amide bonds. The van der Waals surface area contributed by atoms with E-state index in [1.807, 2.05) is 0 Å². The van der Waals surface area contributed by atoms with E-state index in [9.17, 15) is 21.2 Å². The van der Waals surface area contributed by atoms with Gasteiger partial charge in [-0.2, -0.15) is 4.31 Å². The van der Waals surface area contributed by atoms with E-state index in [1.54, 1.807) is 14.0 Å². The lowest BCUT2D eigenvalue weighted by atomic mass is 9.96. The van der Waals surface area contributed by atoms with Crippen LogP contribution < -0.4 is 4.72 Å². The molecule has 1 fully saturated rings. The summed E-state index contributed by atoms with van der Waals surface area (Å²) >= 11 is 0. The molecular formula is C20H25FN2O4S2. The highest BCUT2D eigenvalue weighted by atomic mass is 32.2. The fraction of sp³-hybridized carbons (Fsp3) is 0.400. The van der Waals surface area contributed by atoms with Crippen LogP contribution in [0.2, 0.25) is 0 Å². The molecule has 1 N–H and O–H groups in total. The minimum Gasteiger partial charge on any atom is -0.280 e. The third-order valence-electron chi connectivity index (χ3n) is 5.33. The third kappa shape index (κ3) is 4.79. The van der Waals surface area contributed by atoms with Gasteiger partial charge in [0, 0.05) is 18.8 Å². The van der Waals surface area contributed by atoms with E-state index in [1.165, 1.54) is 40.7 Å². The van der Waals surface area contributed by atoms with E-state index in [0.29, 0.717) is 5.56 Å². The summed E-state index contributed by atoms with van der Waals surface area (Å²) in [5.41, 5.74) is 0.547. The molecule has 0 heterocycles. The molecule has 0 saturated heterocycles. The Hall–Kier alpha value is -1.97. The standard InChI is InChI=1S/C20H25FN2O4S2/c1-15-8-11-19(14-20(15)21)28(24,25)22-16-9-12-18(13-10-16)29(26,27)23(2)17-6-4-3-5-7-17/h8-14,17,22H,3-7H2,1-2H3. The van der Waals surface area contributed by atoms with Crippen molar-refractivity contribution < 1.29 is 21.2 Å². The lowest BCUT2D eigenvalue weighted by molar-refractivity contribution is 0.286. The lowest BCUT2D eigenvalue weighted by Gasteiger charge is -2.30. The van der Waals surface area contributed by atoms with Crippen molar-refractivity contribution in [3.63, 3.8) is 0 Å². The Labute approximate surface area is 171 Å². The van der Waals surface area contributed by atoms with Crippen molar-refractivity contribution >= 4 is 25.7 Å². The van der Waals surface area contributed by atoms with Crippen LogP contribution in [-0.4, -0.2) is 34.2 Å². The SMILES string of the molecule is Cc1ccc(S(=O)(=O)Nc2ccc(S(=O)(=O)N(C)C3CCCCC3)cc2)cc1F. The summed E-state index contributed by atoms with van der Waals surface area (Å²) in [5, 5.41) is 0. The van der Waals surface area contributed by atoms with Crippen molar-refractivity contribution in [3.8, 4) is 0 Å². The van der Waals surface area contributed by atoms with Crippen LogP contribution >= 0.6 is 0 Å². The molecule has 3 rings (SSSR count). The van der Waals surface area contributed by atoms with E-state index < -0.39 is 25.9 Å². The number of anilines is 1. The second-order valence-corrected chi connectivity index (χ2v) is 11.0. The van der Waals surface area contributed by atoms with Crippen molar-refractivity contribution in [3.05, 3.63) is 53.8 Å². The van der Waals surface area contributed by atoms with Gasteiger partial charge >= 0.3 is 0 Å². The van der Waals surface area contributed by atoms with Gasteiger partial charge in [-0.15, -0.1) is 0 Å². The maximum Gasteiger partial charge on any atom is 0.261 e. The number of rotatable bonds is 6. The number of aryl methyl sites for hydroxylation is 1. The largest absolute Gasteiger partial charge is 0.280 e. The molecule has 1 aliphatic carbocycles. The highest BCUT2D eigenvalue weighted by molar-refractivity contribution is 7.92. The zero-order valence-corrected chi connectivity index (χ0v) is 18.1. The monoisotopic (exact) mass is 440 g/mol. The first kappa shape index (κ1) is 21.7. The first-order valence-electron chi connectivity index (χ1n) is 9.48. The molecule has 0 spiro atoms. The molecule has 29 heavy (non-hydrogen) atoms. The predicted octanol–water partition coefficient (Wildman–Crippen LogP) is 3.89. The van der Waals surface area contributed by atoms with Crippen LogP contribution in [-0.2, 0) is 20.0 Å². The van der Waals surface area contributed by atoms with E-state index in [2.05, 4.69) is 4.72 Å². The highest BCUT2D eigenvalue weighted by Crippen LogP contribution is 2.27. The van der Waals surface area contributed by atoms with Gasteiger partial charge < -0.3 is 0 Å². The second kappa shape index (κ2) is 8.41. The molecule has 0 aromatic heterocycles. The predicted molar refractivity (Wildman–Crippen MR) is 110 cm³/mol. The average molecular weight is 441 g/mol. The van der Waals surface area contributed by atoms with Gasteiger partial charge in [0.2, 0.25) is 10.0 Å². The molecule has 0 atom stereocenters. The molecule has 1 aliphatic rings. The first-order chi connectivity index (χ1) is 13.6. The van der Waals surface area contributed by atoms with Crippen LogP contribution in [0.3, 0.4) is 0 Å². The molecule has 2 aromatic carbocycles. The third-order valence-corrected chi connectivity index (χ3v) is 8.63. The van der Waals surface area contributed by atoms with Gasteiger partial charge in [0.1, 0.15) is 5.82 Å². The topological polar surface area (TPSA) is 83.5 Å². The van der Waals surface area contributed by atoms with Crippen LogP contribution in [0.1, 0.15) is 37.7 Å². The molecule has 0 aliphatic heterocycles. The van der Waals surface area contributed by atoms with Gasteiger partial charge in [-0.05, 0) is 61.7 Å². The second-order valence-electron chi connectivity index (χ2n) is 7.35. The number of nitrogens with one attached hydrogen (secondary N) is 1. The lowest BCUT2D eigenvalue weighted by Crippen LogP contribution is -2.38. The van der Waals surface area contributed by atoms with Gasteiger partial charge in [-0.25, -0.2) is 21.2 Å². The summed E-state index contributed by atoms with van der Waals surface area (Å²) in [6.07, 6.45) is 4.86. The van der Waals surface area contributed by atoms with Crippen LogP contribution in [0.15, 0.2) is 52.3 Å². The Morgan fingerprint density at radius 1 is 0.931 bits per heavy atom. The van der Waals surface area contributed by atoms with Gasteiger partial charge in [-0.1, -0.05) is 25.3 Å². The van der Waals surface area contributed by atoms with Crippen molar-refractivity contribution in [1.82, 2.24) is 4.31 Å². The Balaban J connectivity index is 1.78. The van der Waals surface area contributed by atoms with Crippen molar-refractivity contribution in [2.24, 2.45) is 0 Å². The first-order valence-corrected chi connectivity index (χ1v) is 12.4. The van der Waals surface area contributed by atoms with Gasteiger partial charge in [0.25, 0.3) is 10.0 Å². The maximum absolute atomic E-state index is 13.7.